The fourth-order valence-electron chi connectivity index (χ4n) is 1.39. The van der Waals surface area contributed by atoms with Gasteiger partial charge in [-0.3, -0.25) is 0 Å². The molecule has 2 N–H and O–H groups in total. The second-order valence-corrected chi connectivity index (χ2v) is 3.26. The molecule has 0 bridgehead atoms. The van der Waals surface area contributed by atoms with Crippen molar-refractivity contribution in [1.29, 1.82) is 0 Å². The first kappa shape index (κ1) is 8.97. The second-order valence-electron chi connectivity index (χ2n) is 3.26. The highest BCUT2D eigenvalue weighted by atomic mass is 16.5. The van der Waals surface area contributed by atoms with Gasteiger partial charge in [-0.05, 0) is 19.3 Å². The van der Waals surface area contributed by atoms with Crippen LogP contribution < -0.4 is 5.73 Å². The Bertz CT molecular complexity index is 111. The van der Waals surface area contributed by atoms with Crippen LogP contribution in [0.25, 0.3) is 0 Å². The highest BCUT2D eigenvalue weighted by Gasteiger charge is 2.29. The summed E-state index contributed by atoms with van der Waals surface area (Å²) in [6.07, 6.45) is 3.05. The zero-order valence-corrected chi connectivity index (χ0v) is 7.14. The monoisotopic (exact) mass is 159 g/mol. The van der Waals surface area contributed by atoms with Gasteiger partial charge >= 0.3 is 0 Å². The molecule has 0 aliphatic carbocycles. The van der Waals surface area contributed by atoms with Crippen molar-refractivity contribution in [2.24, 2.45) is 5.73 Å². The van der Waals surface area contributed by atoms with Crippen molar-refractivity contribution in [1.82, 2.24) is 0 Å². The summed E-state index contributed by atoms with van der Waals surface area (Å²) in [4.78, 5) is 0. The number of nitrogens with two attached hydrogens (primary N) is 1. The number of ether oxygens (including phenoxy) is 2. The molecule has 1 aliphatic heterocycles. The Balaban J connectivity index is 2.13. The molecule has 0 aromatic carbocycles. The Morgan fingerprint density at radius 2 is 2.45 bits per heavy atom. The highest BCUT2D eigenvalue weighted by Crippen LogP contribution is 2.20. The summed E-state index contributed by atoms with van der Waals surface area (Å²) < 4.78 is 10.2. The second kappa shape index (κ2) is 4.04. The first-order valence-corrected chi connectivity index (χ1v) is 4.12. The van der Waals surface area contributed by atoms with Gasteiger partial charge in [0.05, 0.1) is 6.61 Å². The maximum absolute atomic E-state index is 6.02. The van der Waals surface area contributed by atoms with Crippen molar-refractivity contribution in [3.63, 3.8) is 0 Å². The lowest BCUT2D eigenvalue weighted by atomic mass is 9.94. The summed E-state index contributed by atoms with van der Waals surface area (Å²) in [5.41, 5.74) is 5.96. The number of hydrogen-bond acceptors (Lipinski definition) is 3. The third-order valence-electron chi connectivity index (χ3n) is 2.16. The Morgan fingerprint density at radius 3 is 3.00 bits per heavy atom. The van der Waals surface area contributed by atoms with Gasteiger partial charge in [0.25, 0.3) is 0 Å². The lowest BCUT2D eigenvalue weighted by Crippen LogP contribution is -2.40. The summed E-state index contributed by atoms with van der Waals surface area (Å²) in [6.45, 7) is 2.35. The van der Waals surface area contributed by atoms with Gasteiger partial charge in [-0.15, -0.1) is 0 Å². The van der Waals surface area contributed by atoms with Crippen LogP contribution in [-0.2, 0) is 9.47 Å². The largest absolute Gasteiger partial charge is 0.385 e. The van der Waals surface area contributed by atoms with Gasteiger partial charge in [0.1, 0.15) is 0 Å². The number of rotatable bonds is 4. The van der Waals surface area contributed by atoms with Crippen molar-refractivity contribution < 1.29 is 9.47 Å². The van der Waals surface area contributed by atoms with Gasteiger partial charge in [0.2, 0.25) is 0 Å². The quantitative estimate of drug-likeness (QED) is 0.608. The van der Waals surface area contributed by atoms with E-state index in [1.807, 2.05) is 0 Å². The molecule has 1 heterocycles. The lowest BCUT2D eigenvalue weighted by molar-refractivity contribution is 0.160. The van der Waals surface area contributed by atoms with Crippen LogP contribution in [0, 0.1) is 0 Å². The van der Waals surface area contributed by atoms with Crippen molar-refractivity contribution in [2.45, 2.75) is 24.8 Å². The summed E-state index contributed by atoms with van der Waals surface area (Å²) in [5.74, 6) is 0. The minimum atomic E-state index is -0.0570. The Morgan fingerprint density at radius 1 is 1.64 bits per heavy atom. The first-order chi connectivity index (χ1) is 5.27. The van der Waals surface area contributed by atoms with E-state index in [0.29, 0.717) is 0 Å². The minimum absolute atomic E-state index is 0.0570. The molecule has 11 heavy (non-hydrogen) atoms. The van der Waals surface area contributed by atoms with Crippen LogP contribution in [0.15, 0.2) is 0 Å². The van der Waals surface area contributed by atoms with E-state index in [2.05, 4.69) is 0 Å². The summed E-state index contributed by atoms with van der Waals surface area (Å²) in [6, 6.07) is 0. The number of methoxy groups -OCH3 is 1. The van der Waals surface area contributed by atoms with Gasteiger partial charge < -0.3 is 15.2 Å². The molecule has 1 aliphatic rings. The average molecular weight is 159 g/mol. The van der Waals surface area contributed by atoms with E-state index < -0.39 is 0 Å². The Kier molecular flexibility index (Phi) is 3.30. The van der Waals surface area contributed by atoms with Gasteiger partial charge in [0, 0.05) is 25.9 Å². The van der Waals surface area contributed by atoms with E-state index in [1.54, 1.807) is 7.11 Å². The van der Waals surface area contributed by atoms with Gasteiger partial charge in [0.15, 0.2) is 0 Å². The first-order valence-electron chi connectivity index (χ1n) is 4.12. The molecule has 0 aromatic heterocycles. The third-order valence-corrected chi connectivity index (χ3v) is 2.16. The fourth-order valence-corrected chi connectivity index (χ4v) is 1.39. The maximum Gasteiger partial charge on any atom is 0.0647 e. The molecule has 0 aromatic rings. The van der Waals surface area contributed by atoms with Crippen LogP contribution in [0.2, 0.25) is 0 Å². The lowest BCUT2D eigenvalue weighted by Gasteiger charge is -2.20. The van der Waals surface area contributed by atoms with Crippen LogP contribution in [0.1, 0.15) is 19.3 Å². The molecule has 66 valence electrons. The SMILES string of the molecule is COCCCC1(N)CCOC1. The number of hydrogen-bond donors (Lipinski definition) is 1. The van der Waals surface area contributed by atoms with Gasteiger partial charge in [-0.2, -0.15) is 0 Å². The van der Waals surface area contributed by atoms with E-state index in [0.717, 1.165) is 39.1 Å². The van der Waals surface area contributed by atoms with E-state index in [4.69, 9.17) is 15.2 Å². The van der Waals surface area contributed by atoms with Crippen molar-refractivity contribution in [3.8, 4) is 0 Å². The molecule has 1 atom stereocenters. The van der Waals surface area contributed by atoms with Crippen LogP contribution in [-0.4, -0.2) is 32.5 Å². The van der Waals surface area contributed by atoms with Crippen molar-refractivity contribution in [3.05, 3.63) is 0 Å². The van der Waals surface area contributed by atoms with E-state index >= 15 is 0 Å². The summed E-state index contributed by atoms with van der Waals surface area (Å²) in [7, 11) is 1.72. The van der Waals surface area contributed by atoms with Gasteiger partial charge in [-0.25, -0.2) is 0 Å². The van der Waals surface area contributed by atoms with E-state index in [9.17, 15) is 0 Å². The highest BCUT2D eigenvalue weighted by molar-refractivity contribution is 4.87. The molecule has 0 saturated carbocycles. The Labute approximate surface area is 67.9 Å². The normalized spacial score (nSPS) is 31.1. The predicted molar refractivity (Wildman–Crippen MR) is 43.5 cm³/mol. The topological polar surface area (TPSA) is 44.5 Å². The van der Waals surface area contributed by atoms with Crippen LogP contribution in [0.3, 0.4) is 0 Å². The molecule has 1 saturated heterocycles. The minimum Gasteiger partial charge on any atom is -0.385 e. The molecule has 1 fully saturated rings. The van der Waals surface area contributed by atoms with E-state index in [1.165, 1.54) is 0 Å². The average Bonchev–Trinajstić information content (AvgIpc) is 2.38. The van der Waals surface area contributed by atoms with Crippen LogP contribution >= 0.6 is 0 Å². The zero-order valence-electron chi connectivity index (χ0n) is 7.14. The molecule has 3 nitrogen and oxygen atoms in total. The maximum atomic E-state index is 6.02. The van der Waals surface area contributed by atoms with E-state index in [-0.39, 0.29) is 5.54 Å². The molecular weight excluding hydrogens is 142 g/mol. The molecular formula is C8H17NO2. The standard InChI is InChI=1S/C8H17NO2/c1-10-5-2-3-8(9)4-6-11-7-8/h2-7,9H2,1H3. The molecule has 0 amide bonds. The van der Waals surface area contributed by atoms with Gasteiger partial charge in [-0.1, -0.05) is 0 Å². The van der Waals surface area contributed by atoms with Crippen LogP contribution in [0.5, 0.6) is 0 Å². The molecule has 1 rings (SSSR count). The smallest absolute Gasteiger partial charge is 0.0647 e. The molecule has 3 heteroatoms. The molecule has 0 spiro atoms. The van der Waals surface area contributed by atoms with Crippen molar-refractivity contribution in [2.75, 3.05) is 26.9 Å². The fraction of sp³-hybridized carbons (Fsp3) is 1.00. The zero-order chi connectivity index (χ0) is 8.16. The predicted octanol–water partition coefficient (Wildman–Crippen LogP) is 0.531. The third kappa shape index (κ3) is 2.77. The Hall–Kier alpha value is -0.120. The van der Waals surface area contributed by atoms with Crippen molar-refractivity contribution >= 4 is 0 Å². The summed E-state index contributed by atoms with van der Waals surface area (Å²) in [5, 5.41) is 0. The molecule has 1 unspecified atom stereocenters. The molecule has 0 radical (unpaired) electrons. The van der Waals surface area contributed by atoms with Crippen LogP contribution in [0.4, 0.5) is 0 Å². The summed E-state index contributed by atoms with van der Waals surface area (Å²) >= 11 is 0.